The molecule has 0 saturated carbocycles. The topological polar surface area (TPSA) is 66.7 Å². The van der Waals surface area contributed by atoms with Gasteiger partial charge >= 0.3 is 0 Å². The lowest BCUT2D eigenvalue weighted by atomic mass is 10.1. The average molecular weight is 435 g/mol. The first-order valence-corrected chi connectivity index (χ1v) is 11.2. The maximum absolute atomic E-state index is 12.7. The van der Waals surface area contributed by atoms with Crippen LogP contribution in [0.3, 0.4) is 0 Å². The minimum Gasteiger partial charge on any atom is -0.351 e. The molecule has 4 aromatic rings. The minimum atomic E-state index is -0.229. The number of benzene rings is 2. The molecule has 0 fully saturated rings. The van der Waals surface area contributed by atoms with Crippen LogP contribution in [0.5, 0.6) is 0 Å². The highest BCUT2D eigenvalue weighted by atomic mass is 32.1. The molecule has 0 saturated heterocycles. The van der Waals surface area contributed by atoms with Gasteiger partial charge in [-0.15, -0.1) is 0 Å². The molecule has 0 aliphatic carbocycles. The van der Waals surface area contributed by atoms with Crippen molar-refractivity contribution < 1.29 is 4.79 Å². The molecule has 0 aliphatic rings. The molecule has 0 spiro atoms. The SMILES string of the molecule is Cc1cc2nc3sc(C(=O)NCCCN(C)Cc4ccccc4)cc(=O)n3c2cc1C. The second-order valence-electron chi connectivity index (χ2n) is 7.94. The summed E-state index contributed by atoms with van der Waals surface area (Å²) in [5.74, 6) is -0.227. The summed E-state index contributed by atoms with van der Waals surface area (Å²) in [5.41, 5.74) is 4.83. The van der Waals surface area contributed by atoms with Gasteiger partial charge in [-0.2, -0.15) is 0 Å². The number of carbonyl (C=O) groups is 1. The van der Waals surface area contributed by atoms with E-state index in [4.69, 9.17) is 0 Å². The first-order chi connectivity index (χ1) is 14.9. The van der Waals surface area contributed by atoms with Gasteiger partial charge in [0.2, 0.25) is 0 Å². The van der Waals surface area contributed by atoms with E-state index in [9.17, 15) is 9.59 Å². The molecule has 160 valence electrons. The van der Waals surface area contributed by atoms with Gasteiger partial charge in [-0.3, -0.25) is 14.0 Å². The van der Waals surface area contributed by atoms with Crippen molar-refractivity contribution in [3.05, 3.63) is 80.5 Å². The molecule has 0 radical (unpaired) electrons. The fraction of sp³-hybridized carbons (Fsp3) is 0.292. The van der Waals surface area contributed by atoms with Gasteiger partial charge in [0.25, 0.3) is 11.5 Å². The number of nitrogens with zero attached hydrogens (tertiary/aromatic N) is 3. The van der Waals surface area contributed by atoms with Crippen molar-refractivity contribution in [1.82, 2.24) is 19.6 Å². The van der Waals surface area contributed by atoms with Crippen LogP contribution in [0.15, 0.2) is 53.3 Å². The highest BCUT2D eigenvalue weighted by molar-refractivity contribution is 7.18. The van der Waals surface area contributed by atoms with E-state index >= 15 is 0 Å². The van der Waals surface area contributed by atoms with Gasteiger partial charge in [0.15, 0.2) is 4.96 Å². The number of fused-ring (bicyclic) bond motifs is 3. The summed E-state index contributed by atoms with van der Waals surface area (Å²) in [5, 5.41) is 2.93. The van der Waals surface area contributed by atoms with Gasteiger partial charge in [-0.25, -0.2) is 4.98 Å². The van der Waals surface area contributed by atoms with Gasteiger partial charge in [0.1, 0.15) is 4.88 Å². The maximum atomic E-state index is 12.7. The van der Waals surface area contributed by atoms with Crippen molar-refractivity contribution >= 4 is 33.2 Å². The molecule has 2 heterocycles. The molecule has 4 rings (SSSR count). The van der Waals surface area contributed by atoms with Gasteiger partial charge < -0.3 is 10.2 Å². The van der Waals surface area contributed by atoms with Crippen molar-refractivity contribution in [2.24, 2.45) is 0 Å². The van der Waals surface area contributed by atoms with Crippen LogP contribution in [0.2, 0.25) is 0 Å². The molecule has 0 unspecified atom stereocenters. The van der Waals surface area contributed by atoms with Gasteiger partial charge in [-0.05, 0) is 62.7 Å². The van der Waals surface area contributed by atoms with Crippen molar-refractivity contribution in [3.63, 3.8) is 0 Å². The smallest absolute Gasteiger partial charge is 0.261 e. The van der Waals surface area contributed by atoms with Gasteiger partial charge in [-0.1, -0.05) is 41.7 Å². The molecule has 2 aromatic heterocycles. The maximum Gasteiger partial charge on any atom is 0.261 e. The number of nitrogens with one attached hydrogen (secondary N) is 1. The summed E-state index contributed by atoms with van der Waals surface area (Å²) in [6, 6.07) is 15.7. The Balaban J connectivity index is 1.40. The molecular formula is C24H26N4O2S. The molecule has 2 aromatic carbocycles. The molecule has 1 amide bonds. The molecule has 7 heteroatoms. The van der Waals surface area contributed by atoms with E-state index in [0.717, 1.165) is 41.7 Å². The van der Waals surface area contributed by atoms with Crippen LogP contribution in [0.25, 0.3) is 16.0 Å². The predicted molar refractivity (Wildman–Crippen MR) is 126 cm³/mol. The van der Waals surface area contributed by atoms with Crippen molar-refractivity contribution in [1.29, 1.82) is 0 Å². The normalized spacial score (nSPS) is 11.5. The van der Waals surface area contributed by atoms with Gasteiger partial charge in [0.05, 0.1) is 11.0 Å². The number of imidazole rings is 1. The van der Waals surface area contributed by atoms with E-state index in [2.05, 4.69) is 34.4 Å². The number of rotatable bonds is 7. The minimum absolute atomic E-state index is 0.227. The third-order valence-corrected chi connectivity index (χ3v) is 6.42. The summed E-state index contributed by atoms with van der Waals surface area (Å²) in [6.45, 7) is 6.34. The second-order valence-corrected chi connectivity index (χ2v) is 8.95. The fourth-order valence-corrected chi connectivity index (χ4v) is 4.57. The molecular weight excluding hydrogens is 408 g/mol. The lowest BCUT2D eigenvalue weighted by Crippen LogP contribution is -2.28. The summed E-state index contributed by atoms with van der Waals surface area (Å²) >= 11 is 1.24. The zero-order valence-corrected chi connectivity index (χ0v) is 18.8. The van der Waals surface area contributed by atoms with E-state index in [-0.39, 0.29) is 11.5 Å². The third-order valence-electron chi connectivity index (χ3n) is 5.44. The third kappa shape index (κ3) is 4.68. The lowest BCUT2D eigenvalue weighted by molar-refractivity contribution is 0.0955. The first-order valence-electron chi connectivity index (χ1n) is 10.4. The zero-order valence-electron chi connectivity index (χ0n) is 18.0. The van der Waals surface area contributed by atoms with Crippen molar-refractivity contribution in [2.45, 2.75) is 26.8 Å². The molecule has 0 aliphatic heterocycles. The number of amides is 1. The number of aryl methyl sites for hydroxylation is 2. The average Bonchev–Trinajstić information content (AvgIpc) is 3.09. The van der Waals surface area contributed by atoms with E-state index in [1.807, 2.05) is 44.2 Å². The van der Waals surface area contributed by atoms with Crippen LogP contribution in [0.4, 0.5) is 0 Å². The zero-order chi connectivity index (χ0) is 22.0. The standard InChI is InChI=1S/C24H26N4O2S/c1-16-12-19-20(13-17(16)2)28-22(29)14-21(31-24(28)26-19)23(30)25-10-7-11-27(3)15-18-8-5-4-6-9-18/h4-6,8-9,12-14H,7,10-11,15H2,1-3H3,(H,25,30). The monoisotopic (exact) mass is 434 g/mol. The Bertz CT molecular complexity index is 1290. The first kappa shape index (κ1) is 21.2. The largest absolute Gasteiger partial charge is 0.351 e. The Labute approximate surface area is 185 Å². The highest BCUT2D eigenvalue weighted by Crippen LogP contribution is 2.22. The molecule has 0 atom stereocenters. The van der Waals surface area contributed by atoms with Crippen LogP contribution < -0.4 is 10.9 Å². The van der Waals surface area contributed by atoms with Crippen molar-refractivity contribution in [3.8, 4) is 0 Å². The Morgan fingerprint density at radius 3 is 2.65 bits per heavy atom. The number of hydrogen-bond donors (Lipinski definition) is 1. The summed E-state index contributed by atoms with van der Waals surface area (Å²) < 4.78 is 1.59. The molecule has 1 N–H and O–H groups in total. The predicted octanol–water partition coefficient (Wildman–Crippen LogP) is 3.78. The molecule has 0 bridgehead atoms. The van der Waals surface area contributed by atoms with E-state index in [1.165, 1.54) is 23.0 Å². The second kappa shape index (κ2) is 8.99. The van der Waals surface area contributed by atoms with Crippen molar-refractivity contribution in [2.75, 3.05) is 20.1 Å². The van der Waals surface area contributed by atoms with Crippen LogP contribution in [0.1, 0.15) is 32.8 Å². The Morgan fingerprint density at radius 1 is 1.13 bits per heavy atom. The van der Waals surface area contributed by atoms with E-state index in [0.29, 0.717) is 16.4 Å². The van der Waals surface area contributed by atoms with Crippen LogP contribution >= 0.6 is 11.3 Å². The number of carbonyl (C=O) groups excluding carboxylic acids is 1. The Kier molecular flexibility index (Phi) is 6.15. The van der Waals surface area contributed by atoms with Crippen LogP contribution in [0, 0.1) is 13.8 Å². The number of aromatic nitrogens is 2. The Morgan fingerprint density at radius 2 is 1.87 bits per heavy atom. The number of hydrogen-bond acceptors (Lipinski definition) is 5. The van der Waals surface area contributed by atoms with Gasteiger partial charge in [0, 0.05) is 19.2 Å². The summed E-state index contributed by atoms with van der Waals surface area (Å²) in [6.07, 6.45) is 0.831. The molecule has 31 heavy (non-hydrogen) atoms. The quantitative estimate of drug-likeness (QED) is 0.450. The van der Waals surface area contributed by atoms with E-state index in [1.54, 1.807) is 4.40 Å². The van der Waals surface area contributed by atoms with E-state index < -0.39 is 0 Å². The summed E-state index contributed by atoms with van der Waals surface area (Å²) in [4.78, 5) is 33.1. The Hall–Kier alpha value is -3.03. The van der Waals surface area contributed by atoms with Crippen LogP contribution in [-0.2, 0) is 6.54 Å². The fourth-order valence-electron chi connectivity index (χ4n) is 3.62. The molecule has 6 nitrogen and oxygen atoms in total. The lowest BCUT2D eigenvalue weighted by Gasteiger charge is -2.16. The highest BCUT2D eigenvalue weighted by Gasteiger charge is 2.14. The van der Waals surface area contributed by atoms with Crippen LogP contribution in [-0.4, -0.2) is 40.3 Å². The summed E-state index contributed by atoms with van der Waals surface area (Å²) in [7, 11) is 2.07.